The molecule has 39 heavy (non-hydrogen) atoms. The number of carbonyl (C=O) groups excluding carboxylic acids is 1. The maximum absolute atomic E-state index is 13.0. The fourth-order valence-electron chi connectivity index (χ4n) is 4.10. The van der Waals surface area contributed by atoms with Gasteiger partial charge in [-0.25, -0.2) is 4.52 Å². The average molecular weight is 541 g/mol. The van der Waals surface area contributed by atoms with E-state index in [-0.39, 0.29) is 0 Å². The van der Waals surface area contributed by atoms with Crippen LogP contribution in [0, 0.1) is 6.92 Å². The SMILES string of the molecule is Cc1ccc(Nc2nc3c(-c4cccc(C(F)(F)F)c4)cccn3n2)cc1.O=CNCCCN1CCOCC1. The number of pyridine rings is 1. The number of aromatic nitrogens is 3. The van der Waals surface area contributed by atoms with Gasteiger partial charge >= 0.3 is 6.18 Å². The van der Waals surface area contributed by atoms with Gasteiger partial charge in [0.2, 0.25) is 12.4 Å². The number of nitrogens with one attached hydrogen (secondary N) is 2. The van der Waals surface area contributed by atoms with Crippen molar-refractivity contribution >= 4 is 23.7 Å². The number of halogens is 3. The number of benzene rings is 2. The fourth-order valence-corrected chi connectivity index (χ4v) is 4.10. The quantitative estimate of drug-likeness (QED) is 0.244. The highest BCUT2D eigenvalue weighted by Gasteiger charge is 2.30. The largest absolute Gasteiger partial charge is 0.416 e. The number of hydrogen-bond acceptors (Lipinski definition) is 6. The average Bonchev–Trinajstić information content (AvgIpc) is 3.36. The summed E-state index contributed by atoms with van der Waals surface area (Å²) in [5, 5.41) is 10.1. The molecule has 0 aliphatic carbocycles. The molecule has 1 saturated heterocycles. The van der Waals surface area contributed by atoms with Crippen LogP contribution in [0.4, 0.5) is 24.8 Å². The Bertz CT molecular complexity index is 1350. The van der Waals surface area contributed by atoms with Gasteiger partial charge in [-0.15, -0.1) is 5.10 Å². The van der Waals surface area contributed by atoms with E-state index in [1.165, 1.54) is 6.07 Å². The molecule has 0 radical (unpaired) electrons. The first-order valence-electron chi connectivity index (χ1n) is 12.7. The number of morpholine rings is 1. The van der Waals surface area contributed by atoms with Gasteiger partial charge in [0, 0.05) is 37.1 Å². The van der Waals surface area contributed by atoms with Crippen molar-refractivity contribution in [1.82, 2.24) is 24.8 Å². The van der Waals surface area contributed by atoms with Crippen molar-refractivity contribution in [3.05, 3.63) is 78.0 Å². The molecule has 0 unspecified atom stereocenters. The first-order chi connectivity index (χ1) is 18.8. The standard InChI is InChI=1S/C20H15F3N4.C8H16N2O2/c1-13-7-9-16(10-8-13)24-19-25-18-17(6-3-11-27(18)26-19)14-4-2-5-15(12-14)20(21,22)23;11-8-9-2-1-3-10-4-6-12-7-5-10/h2-12H,1H3,(H,24,26);8H,1-7H2,(H,9,11). The molecule has 0 spiro atoms. The molecule has 2 aromatic carbocycles. The van der Waals surface area contributed by atoms with Gasteiger partial charge in [0.15, 0.2) is 5.65 Å². The number of aryl methyl sites for hydroxylation is 1. The van der Waals surface area contributed by atoms with E-state index in [0.29, 0.717) is 22.7 Å². The van der Waals surface area contributed by atoms with E-state index in [4.69, 9.17) is 4.74 Å². The summed E-state index contributed by atoms with van der Waals surface area (Å²) in [6.45, 7) is 7.59. The van der Waals surface area contributed by atoms with E-state index >= 15 is 0 Å². The lowest BCUT2D eigenvalue weighted by atomic mass is 10.0. The van der Waals surface area contributed by atoms with E-state index in [1.54, 1.807) is 28.9 Å². The molecule has 2 aromatic heterocycles. The molecule has 11 heteroatoms. The van der Waals surface area contributed by atoms with Crippen molar-refractivity contribution in [1.29, 1.82) is 0 Å². The lowest BCUT2D eigenvalue weighted by Gasteiger charge is -2.26. The third-order valence-electron chi connectivity index (χ3n) is 6.15. The Kier molecular flexibility index (Phi) is 9.50. The van der Waals surface area contributed by atoms with Gasteiger partial charge in [-0.1, -0.05) is 29.8 Å². The van der Waals surface area contributed by atoms with Crippen molar-refractivity contribution in [2.75, 3.05) is 44.7 Å². The Morgan fingerprint density at radius 2 is 1.82 bits per heavy atom. The van der Waals surface area contributed by atoms with Gasteiger partial charge in [-0.05, 0) is 61.9 Å². The van der Waals surface area contributed by atoms with E-state index in [9.17, 15) is 18.0 Å². The summed E-state index contributed by atoms with van der Waals surface area (Å²) in [5.41, 5.74) is 2.76. The molecule has 0 atom stereocenters. The Hall–Kier alpha value is -3.96. The smallest absolute Gasteiger partial charge is 0.379 e. The number of ether oxygens (including phenoxy) is 1. The second-order valence-corrected chi connectivity index (χ2v) is 9.07. The third-order valence-corrected chi connectivity index (χ3v) is 6.15. The number of anilines is 2. The highest BCUT2D eigenvalue weighted by Crippen LogP contribution is 2.33. The Morgan fingerprint density at radius 3 is 2.54 bits per heavy atom. The third kappa shape index (κ3) is 8.01. The van der Waals surface area contributed by atoms with Crippen molar-refractivity contribution in [2.24, 2.45) is 0 Å². The maximum atomic E-state index is 13.0. The van der Waals surface area contributed by atoms with Crippen molar-refractivity contribution in [3.8, 4) is 11.1 Å². The predicted octanol–water partition coefficient (Wildman–Crippen LogP) is 4.92. The summed E-state index contributed by atoms with van der Waals surface area (Å²) >= 11 is 0. The van der Waals surface area contributed by atoms with Crippen LogP contribution in [-0.4, -0.2) is 65.3 Å². The van der Waals surface area contributed by atoms with Crippen molar-refractivity contribution < 1.29 is 22.7 Å². The lowest BCUT2D eigenvalue weighted by molar-refractivity contribution is -0.137. The zero-order chi connectivity index (χ0) is 27.7. The highest BCUT2D eigenvalue weighted by atomic mass is 19.4. The van der Waals surface area contributed by atoms with Gasteiger partial charge in [0.25, 0.3) is 0 Å². The normalized spacial score (nSPS) is 13.9. The molecule has 3 heterocycles. The van der Waals surface area contributed by atoms with Crippen LogP contribution in [0.1, 0.15) is 17.5 Å². The monoisotopic (exact) mass is 540 g/mol. The van der Waals surface area contributed by atoms with Gasteiger partial charge in [0.1, 0.15) is 0 Å². The number of alkyl halides is 3. The van der Waals surface area contributed by atoms with E-state index in [2.05, 4.69) is 25.6 Å². The minimum Gasteiger partial charge on any atom is -0.379 e. The first-order valence-corrected chi connectivity index (χ1v) is 12.7. The minimum atomic E-state index is -4.40. The van der Waals surface area contributed by atoms with Crippen LogP contribution in [0.2, 0.25) is 0 Å². The summed E-state index contributed by atoms with van der Waals surface area (Å²) in [5.74, 6) is 0.373. The van der Waals surface area contributed by atoms with Crippen LogP contribution in [0.3, 0.4) is 0 Å². The molecule has 5 rings (SSSR count). The second-order valence-electron chi connectivity index (χ2n) is 9.07. The summed E-state index contributed by atoms with van der Waals surface area (Å²) in [6.07, 6.45) is -0.912. The van der Waals surface area contributed by atoms with Crippen LogP contribution >= 0.6 is 0 Å². The summed E-state index contributed by atoms with van der Waals surface area (Å²) in [7, 11) is 0. The molecule has 2 N–H and O–H groups in total. The molecule has 1 aliphatic rings. The predicted molar refractivity (Wildman–Crippen MR) is 144 cm³/mol. The molecule has 4 aromatic rings. The molecular formula is C28H31F3N6O2. The molecule has 0 saturated carbocycles. The lowest BCUT2D eigenvalue weighted by Crippen LogP contribution is -2.37. The number of rotatable bonds is 8. The summed E-state index contributed by atoms with van der Waals surface area (Å²) < 4.78 is 45.8. The highest BCUT2D eigenvalue weighted by molar-refractivity contribution is 5.78. The van der Waals surface area contributed by atoms with Crippen LogP contribution in [0.5, 0.6) is 0 Å². The molecule has 1 fully saturated rings. The molecule has 1 aliphatic heterocycles. The van der Waals surface area contributed by atoms with Gasteiger partial charge in [0.05, 0.1) is 18.8 Å². The zero-order valence-electron chi connectivity index (χ0n) is 21.6. The number of nitrogens with zero attached hydrogens (tertiary/aromatic N) is 4. The van der Waals surface area contributed by atoms with Crippen LogP contribution in [-0.2, 0) is 15.7 Å². The van der Waals surface area contributed by atoms with E-state index in [0.717, 1.165) is 75.6 Å². The van der Waals surface area contributed by atoms with Crippen LogP contribution < -0.4 is 10.6 Å². The Balaban J connectivity index is 0.000000247. The molecule has 8 nitrogen and oxygen atoms in total. The molecule has 1 amide bonds. The van der Waals surface area contributed by atoms with Crippen LogP contribution in [0.15, 0.2) is 66.9 Å². The van der Waals surface area contributed by atoms with Crippen molar-refractivity contribution in [3.63, 3.8) is 0 Å². The molecular weight excluding hydrogens is 509 g/mol. The Morgan fingerprint density at radius 1 is 1.05 bits per heavy atom. The first kappa shape index (κ1) is 28.1. The summed E-state index contributed by atoms with van der Waals surface area (Å²) in [6, 6.07) is 16.4. The Labute approximate surface area is 224 Å². The number of fused-ring (bicyclic) bond motifs is 1. The molecule has 0 bridgehead atoms. The number of hydrogen-bond donors (Lipinski definition) is 2. The van der Waals surface area contributed by atoms with Crippen LogP contribution in [0.25, 0.3) is 16.8 Å². The fraction of sp³-hybridized carbons (Fsp3) is 0.321. The minimum absolute atomic E-state index is 0.373. The maximum Gasteiger partial charge on any atom is 0.416 e. The van der Waals surface area contributed by atoms with Gasteiger partial charge in [-0.2, -0.15) is 18.2 Å². The van der Waals surface area contributed by atoms with E-state index < -0.39 is 11.7 Å². The van der Waals surface area contributed by atoms with Gasteiger partial charge < -0.3 is 15.4 Å². The zero-order valence-corrected chi connectivity index (χ0v) is 21.6. The summed E-state index contributed by atoms with van der Waals surface area (Å²) in [4.78, 5) is 16.7. The van der Waals surface area contributed by atoms with Gasteiger partial charge in [-0.3, -0.25) is 9.69 Å². The molecule has 206 valence electrons. The topological polar surface area (TPSA) is 83.8 Å². The van der Waals surface area contributed by atoms with Crippen molar-refractivity contribution in [2.45, 2.75) is 19.5 Å². The second kappa shape index (κ2) is 13.2. The number of carbonyl (C=O) groups is 1. The van der Waals surface area contributed by atoms with E-state index in [1.807, 2.05) is 31.2 Å². The number of amides is 1.